The minimum atomic E-state index is -2.00. The number of benzene rings is 1. The van der Waals surface area contributed by atoms with E-state index in [1.54, 1.807) is 0 Å². The van der Waals surface area contributed by atoms with E-state index in [4.69, 9.17) is 0 Å². The Morgan fingerprint density at radius 3 is 1.94 bits per heavy atom. The summed E-state index contributed by atoms with van der Waals surface area (Å²) in [5, 5.41) is 13.3. The molecule has 1 unspecified atom stereocenters. The Balaban J connectivity index is 3.11. The van der Waals surface area contributed by atoms with Crippen molar-refractivity contribution in [3.8, 4) is 6.07 Å². The zero-order valence-corrected chi connectivity index (χ0v) is 12.6. The van der Waals surface area contributed by atoms with Crippen LogP contribution < -0.4 is 0 Å². The molecule has 1 aromatic carbocycles. The molecule has 0 heterocycles. The van der Waals surface area contributed by atoms with Crippen molar-refractivity contribution in [1.82, 2.24) is 0 Å². The fourth-order valence-electron chi connectivity index (χ4n) is 2.57. The zero-order valence-electron chi connectivity index (χ0n) is 10.5. The van der Waals surface area contributed by atoms with Crippen molar-refractivity contribution < 1.29 is 0 Å². The molecular weight excluding hydrogens is 255 g/mol. The first-order valence-corrected chi connectivity index (χ1v) is 11.8. The summed E-state index contributed by atoms with van der Waals surface area (Å²) in [6.07, 6.45) is 0. The van der Waals surface area contributed by atoms with Gasteiger partial charge in [-0.15, -0.1) is 0 Å². The monoisotopic (exact) mass is 277 g/mol. The van der Waals surface area contributed by atoms with Crippen LogP contribution in [-0.2, 0) is 0 Å². The number of hydrogen-bond acceptors (Lipinski definition) is 1. The predicted octanol–water partition coefficient (Wildman–Crippen LogP) is 4.34. The SMILES string of the molecule is C[CH2][Ge]([CH2]C)([CH2]C)[CH](C#N)c1ccccc1. The van der Waals surface area contributed by atoms with Gasteiger partial charge in [-0.05, 0) is 0 Å². The van der Waals surface area contributed by atoms with Gasteiger partial charge in [0.05, 0.1) is 0 Å². The Hall–Kier alpha value is -0.747. The maximum absolute atomic E-state index is 9.51. The molecule has 1 atom stereocenters. The molecule has 0 radical (unpaired) electrons. The molecule has 0 amide bonds. The van der Waals surface area contributed by atoms with E-state index in [0.29, 0.717) is 0 Å². The summed E-state index contributed by atoms with van der Waals surface area (Å²) in [7, 11) is 0. The Bertz CT molecular complexity index is 340. The molecule has 0 saturated heterocycles. The molecule has 16 heavy (non-hydrogen) atoms. The summed E-state index contributed by atoms with van der Waals surface area (Å²) >= 11 is -2.00. The van der Waals surface area contributed by atoms with Crippen molar-refractivity contribution >= 4 is 13.3 Å². The summed E-state index contributed by atoms with van der Waals surface area (Å²) in [6.45, 7) is 6.83. The minimum absolute atomic E-state index is 0.209. The van der Waals surface area contributed by atoms with Gasteiger partial charge < -0.3 is 0 Å². The van der Waals surface area contributed by atoms with E-state index < -0.39 is 13.3 Å². The van der Waals surface area contributed by atoms with Crippen molar-refractivity contribution in [3.63, 3.8) is 0 Å². The molecule has 0 aromatic heterocycles. The second kappa shape index (κ2) is 6.10. The number of hydrogen-bond donors (Lipinski definition) is 0. The van der Waals surface area contributed by atoms with Gasteiger partial charge in [-0.1, -0.05) is 0 Å². The van der Waals surface area contributed by atoms with Gasteiger partial charge in [0.2, 0.25) is 0 Å². The molecule has 2 heteroatoms. The first kappa shape index (κ1) is 13.3. The molecule has 0 aliphatic heterocycles. The number of nitriles is 1. The van der Waals surface area contributed by atoms with Crippen molar-refractivity contribution in [3.05, 3.63) is 35.9 Å². The fraction of sp³-hybridized carbons (Fsp3) is 0.500. The average Bonchev–Trinajstić information content (AvgIpc) is 2.37. The molecule has 1 aromatic rings. The third kappa shape index (κ3) is 2.49. The van der Waals surface area contributed by atoms with E-state index in [9.17, 15) is 5.26 Å². The van der Waals surface area contributed by atoms with Crippen LogP contribution in [0.4, 0.5) is 0 Å². The maximum atomic E-state index is 9.51. The fourth-order valence-corrected chi connectivity index (χ4v) is 10.8. The molecular formula is C14H21GeN. The first-order chi connectivity index (χ1) is 7.74. The molecule has 0 saturated carbocycles. The van der Waals surface area contributed by atoms with Gasteiger partial charge in [-0.3, -0.25) is 0 Å². The zero-order chi connectivity index (χ0) is 12.0. The van der Waals surface area contributed by atoms with Crippen LogP contribution in [0.15, 0.2) is 30.3 Å². The standard InChI is InChI=1S/C14H21GeN/c1-4-15(5-2,6-3)14(12-16)13-10-8-7-9-11-13/h7-11,14H,4-6H2,1-3H3. The number of nitrogens with zero attached hydrogens (tertiary/aromatic N) is 1. The second-order valence-corrected chi connectivity index (χ2v) is 15.8. The summed E-state index contributed by atoms with van der Waals surface area (Å²) in [4.78, 5) is 0. The average molecular weight is 276 g/mol. The predicted molar refractivity (Wildman–Crippen MR) is 72.0 cm³/mol. The van der Waals surface area contributed by atoms with Gasteiger partial charge >= 0.3 is 102 Å². The van der Waals surface area contributed by atoms with E-state index >= 15 is 0 Å². The summed E-state index contributed by atoms with van der Waals surface area (Å²) < 4.78 is 0.209. The summed E-state index contributed by atoms with van der Waals surface area (Å²) in [5.74, 6) is 0. The van der Waals surface area contributed by atoms with Crippen molar-refractivity contribution in [2.75, 3.05) is 0 Å². The van der Waals surface area contributed by atoms with Crippen molar-refractivity contribution in [1.29, 1.82) is 5.26 Å². The van der Waals surface area contributed by atoms with Crippen LogP contribution in [0, 0.1) is 11.3 Å². The number of rotatable bonds is 5. The molecule has 1 rings (SSSR count). The molecule has 0 aliphatic rings. The molecule has 0 aliphatic carbocycles. The van der Waals surface area contributed by atoms with Gasteiger partial charge in [-0.25, -0.2) is 0 Å². The van der Waals surface area contributed by atoms with E-state index in [1.807, 2.05) is 18.2 Å². The molecule has 1 nitrogen and oxygen atoms in total. The normalized spacial score (nSPS) is 13.1. The Labute approximate surface area is 102 Å². The van der Waals surface area contributed by atoms with E-state index in [-0.39, 0.29) is 4.75 Å². The Morgan fingerprint density at radius 1 is 1.06 bits per heavy atom. The molecule has 0 bridgehead atoms. The molecule has 86 valence electrons. The van der Waals surface area contributed by atoms with Crippen LogP contribution in [0.2, 0.25) is 15.8 Å². The van der Waals surface area contributed by atoms with E-state index in [2.05, 4.69) is 39.0 Å². The Kier molecular flexibility index (Phi) is 5.08. The van der Waals surface area contributed by atoms with E-state index in [1.165, 1.54) is 21.3 Å². The van der Waals surface area contributed by atoms with Gasteiger partial charge in [0, 0.05) is 0 Å². The molecule has 0 N–H and O–H groups in total. The van der Waals surface area contributed by atoms with Crippen LogP contribution in [-0.4, -0.2) is 13.3 Å². The van der Waals surface area contributed by atoms with Crippen LogP contribution in [0.1, 0.15) is 31.1 Å². The summed E-state index contributed by atoms with van der Waals surface area (Å²) in [6, 6.07) is 13.0. The van der Waals surface area contributed by atoms with Gasteiger partial charge in [-0.2, -0.15) is 0 Å². The summed E-state index contributed by atoms with van der Waals surface area (Å²) in [5.41, 5.74) is 1.25. The van der Waals surface area contributed by atoms with Gasteiger partial charge in [0.1, 0.15) is 0 Å². The van der Waals surface area contributed by atoms with Crippen LogP contribution >= 0.6 is 0 Å². The first-order valence-electron chi connectivity index (χ1n) is 6.18. The van der Waals surface area contributed by atoms with Crippen molar-refractivity contribution in [2.24, 2.45) is 0 Å². The third-order valence-electron chi connectivity index (χ3n) is 3.99. The van der Waals surface area contributed by atoms with Gasteiger partial charge in [0.25, 0.3) is 0 Å². The Morgan fingerprint density at radius 2 is 1.56 bits per heavy atom. The van der Waals surface area contributed by atoms with E-state index in [0.717, 1.165) is 0 Å². The molecule has 0 spiro atoms. The topological polar surface area (TPSA) is 23.8 Å². The quantitative estimate of drug-likeness (QED) is 0.734. The van der Waals surface area contributed by atoms with Crippen LogP contribution in [0.5, 0.6) is 0 Å². The second-order valence-electron chi connectivity index (χ2n) is 4.40. The van der Waals surface area contributed by atoms with Gasteiger partial charge in [0.15, 0.2) is 0 Å². The molecule has 0 fully saturated rings. The van der Waals surface area contributed by atoms with Crippen LogP contribution in [0.25, 0.3) is 0 Å². The van der Waals surface area contributed by atoms with Crippen LogP contribution in [0.3, 0.4) is 0 Å². The van der Waals surface area contributed by atoms with Crippen molar-refractivity contribution in [2.45, 2.75) is 41.3 Å². The third-order valence-corrected chi connectivity index (χ3v) is 16.4.